The zero-order valence-electron chi connectivity index (χ0n) is 14.9. The molecule has 2 N–H and O–H groups in total. The average molecular weight is 380 g/mol. The second-order valence-electron chi connectivity index (χ2n) is 6.10. The fourth-order valence-electron chi connectivity index (χ4n) is 2.50. The number of aryl methyl sites for hydroxylation is 1. The molecule has 1 amide bonds. The summed E-state index contributed by atoms with van der Waals surface area (Å²) in [6.07, 6.45) is 1.57. The predicted molar refractivity (Wildman–Crippen MR) is 108 cm³/mol. The third-order valence-electron chi connectivity index (χ3n) is 4.02. The lowest BCUT2D eigenvalue weighted by molar-refractivity contribution is 0.101. The molecule has 136 valence electrons. The van der Waals surface area contributed by atoms with Crippen LogP contribution in [0.3, 0.4) is 0 Å². The highest BCUT2D eigenvalue weighted by Crippen LogP contribution is 2.24. The van der Waals surface area contributed by atoms with Gasteiger partial charge in [-0.15, -0.1) is 0 Å². The summed E-state index contributed by atoms with van der Waals surface area (Å²) in [6, 6.07) is 15.7. The molecule has 1 aromatic heterocycles. The Morgan fingerprint density at radius 2 is 1.70 bits per heavy atom. The maximum atomic E-state index is 12.5. The molecule has 0 saturated heterocycles. The fourth-order valence-corrected chi connectivity index (χ4v) is 2.67. The van der Waals surface area contributed by atoms with Gasteiger partial charge in [-0.3, -0.25) is 14.6 Å². The van der Waals surface area contributed by atoms with E-state index in [0.29, 0.717) is 16.3 Å². The van der Waals surface area contributed by atoms with Crippen molar-refractivity contribution in [1.29, 1.82) is 0 Å². The molecule has 27 heavy (non-hydrogen) atoms. The number of nitrogens with one attached hydrogen (secondary N) is 2. The molecule has 3 rings (SSSR count). The zero-order chi connectivity index (χ0) is 19.4. The first kappa shape index (κ1) is 18.6. The Kier molecular flexibility index (Phi) is 5.52. The van der Waals surface area contributed by atoms with Gasteiger partial charge < -0.3 is 10.6 Å². The van der Waals surface area contributed by atoms with Crippen molar-refractivity contribution >= 4 is 40.4 Å². The van der Waals surface area contributed by atoms with Gasteiger partial charge in [0.2, 0.25) is 0 Å². The minimum atomic E-state index is -0.336. The Morgan fingerprint density at radius 1 is 0.963 bits per heavy atom. The molecule has 0 aliphatic heterocycles. The number of carbonyl (C=O) groups excluding carboxylic acids is 2. The number of carbonyl (C=O) groups is 2. The van der Waals surface area contributed by atoms with Crippen molar-refractivity contribution in [3.8, 4) is 0 Å². The van der Waals surface area contributed by atoms with Crippen molar-refractivity contribution in [3.05, 3.63) is 82.6 Å². The lowest BCUT2D eigenvalue weighted by Crippen LogP contribution is -2.14. The Hall–Kier alpha value is -3.18. The maximum Gasteiger partial charge on any atom is 0.274 e. The number of benzene rings is 2. The van der Waals surface area contributed by atoms with Gasteiger partial charge in [-0.1, -0.05) is 17.7 Å². The van der Waals surface area contributed by atoms with Crippen LogP contribution in [0.1, 0.15) is 33.3 Å². The van der Waals surface area contributed by atoms with E-state index >= 15 is 0 Å². The van der Waals surface area contributed by atoms with Crippen LogP contribution in [0.2, 0.25) is 5.02 Å². The summed E-state index contributed by atoms with van der Waals surface area (Å²) >= 11 is 6.05. The molecule has 0 fully saturated rings. The minimum Gasteiger partial charge on any atom is -0.355 e. The number of aromatic nitrogens is 1. The molecule has 2 aromatic carbocycles. The number of pyridine rings is 1. The highest BCUT2D eigenvalue weighted by Gasteiger charge is 2.10. The first-order valence-corrected chi connectivity index (χ1v) is 8.72. The lowest BCUT2D eigenvalue weighted by Gasteiger charge is -2.11. The number of ketones is 1. The summed E-state index contributed by atoms with van der Waals surface area (Å²) < 4.78 is 0. The quantitative estimate of drug-likeness (QED) is 0.594. The zero-order valence-corrected chi connectivity index (χ0v) is 15.7. The fraction of sp³-hybridized carbons (Fsp3) is 0.0952. The van der Waals surface area contributed by atoms with E-state index in [9.17, 15) is 9.59 Å². The van der Waals surface area contributed by atoms with Crippen LogP contribution in [0.5, 0.6) is 0 Å². The summed E-state index contributed by atoms with van der Waals surface area (Å²) in [7, 11) is 0. The predicted octanol–water partition coefficient (Wildman–Crippen LogP) is 5.24. The van der Waals surface area contributed by atoms with Crippen LogP contribution in [-0.4, -0.2) is 16.7 Å². The SMILES string of the molecule is CC(=O)c1ccc(NC(=O)c2cc(Nc3cc(Cl)ccc3C)ccn2)cc1. The van der Waals surface area contributed by atoms with Crippen molar-refractivity contribution in [1.82, 2.24) is 4.98 Å². The van der Waals surface area contributed by atoms with Gasteiger partial charge in [0.1, 0.15) is 5.69 Å². The molecule has 0 atom stereocenters. The Morgan fingerprint density at radius 3 is 2.41 bits per heavy atom. The van der Waals surface area contributed by atoms with Gasteiger partial charge in [0.15, 0.2) is 5.78 Å². The highest BCUT2D eigenvalue weighted by molar-refractivity contribution is 6.30. The molecule has 5 nitrogen and oxygen atoms in total. The number of nitrogens with zero attached hydrogens (tertiary/aromatic N) is 1. The number of amides is 1. The summed E-state index contributed by atoms with van der Waals surface area (Å²) in [5.74, 6) is -0.360. The molecule has 3 aromatic rings. The minimum absolute atomic E-state index is 0.0235. The van der Waals surface area contributed by atoms with Gasteiger partial charge in [0.25, 0.3) is 5.91 Å². The number of hydrogen-bond donors (Lipinski definition) is 2. The van der Waals surface area contributed by atoms with E-state index in [1.54, 1.807) is 42.6 Å². The molecule has 0 aliphatic rings. The molecule has 0 bridgehead atoms. The van der Waals surface area contributed by atoms with Gasteiger partial charge in [0.05, 0.1) is 0 Å². The molecule has 0 unspecified atom stereocenters. The normalized spacial score (nSPS) is 10.3. The van der Waals surface area contributed by atoms with Crippen LogP contribution >= 0.6 is 11.6 Å². The third-order valence-corrected chi connectivity index (χ3v) is 4.26. The van der Waals surface area contributed by atoms with Crippen LogP contribution < -0.4 is 10.6 Å². The second-order valence-corrected chi connectivity index (χ2v) is 6.54. The van der Waals surface area contributed by atoms with Crippen molar-refractivity contribution in [2.45, 2.75) is 13.8 Å². The molecular weight excluding hydrogens is 362 g/mol. The van der Waals surface area contributed by atoms with Crippen LogP contribution in [0, 0.1) is 6.92 Å². The molecular formula is C21H18ClN3O2. The highest BCUT2D eigenvalue weighted by atomic mass is 35.5. The summed E-state index contributed by atoms with van der Waals surface area (Å²) in [5, 5.41) is 6.65. The van der Waals surface area contributed by atoms with Crippen molar-refractivity contribution in [3.63, 3.8) is 0 Å². The van der Waals surface area contributed by atoms with Crippen molar-refractivity contribution in [2.24, 2.45) is 0 Å². The number of rotatable bonds is 5. The van der Waals surface area contributed by atoms with E-state index in [1.807, 2.05) is 25.1 Å². The van der Waals surface area contributed by atoms with E-state index in [4.69, 9.17) is 11.6 Å². The van der Waals surface area contributed by atoms with Crippen LogP contribution in [0.4, 0.5) is 17.1 Å². The van der Waals surface area contributed by atoms with Gasteiger partial charge >= 0.3 is 0 Å². The molecule has 1 heterocycles. The van der Waals surface area contributed by atoms with Gasteiger partial charge in [0, 0.05) is 33.8 Å². The van der Waals surface area contributed by atoms with E-state index in [0.717, 1.165) is 16.9 Å². The van der Waals surface area contributed by atoms with Gasteiger partial charge in [-0.2, -0.15) is 0 Å². The smallest absolute Gasteiger partial charge is 0.274 e. The number of anilines is 3. The van der Waals surface area contributed by atoms with Gasteiger partial charge in [-0.25, -0.2) is 0 Å². The monoisotopic (exact) mass is 379 g/mol. The summed E-state index contributed by atoms with van der Waals surface area (Å²) in [5.41, 5.74) is 4.08. The topological polar surface area (TPSA) is 71.1 Å². The molecule has 6 heteroatoms. The number of Topliss-reactive ketones (excluding diaryl/α,β-unsaturated/α-hetero) is 1. The Balaban J connectivity index is 1.75. The van der Waals surface area contributed by atoms with Crippen LogP contribution in [0.15, 0.2) is 60.8 Å². The van der Waals surface area contributed by atoms with E-state index in [2.05, 4.69) is 15.6 Å². The van der Waals surface area contributed by atoms with E-state index in [1.165, 1.54) is 6.92 Å². The van der Waals surface area contributed by atoms with E-state index in [-0.39, 0.29) is 17.4 Å². The Bertz CT molecular complexity index is 1000. The van der Waals surface area contributed by atoms with E-state index < -0.39 is 0 Å². The van der Waals surface area contributed by atoms with Crippen molar-refractivity contribution < 1.29 is 9.59 Å². The maximum absolute atomic E-state index is 12.5. The molecule has 0 radical (unpaired) electrons. The third kappa shape index (κ3) is 4.71. The summed E-state index contributed by atoms with van der Waals surface area (Å²) in [6.45, 7) is 3.47. The number of hydrogen-bond acceptors (Lipinski definition) is 4. The van der Waals surface area contributed by atoms with Gasteiger partial charge in [-0.05, 0) is 67.9 Å². The lowest BCUT2D eigenvalue weighted by atomic mass is 10.1. The molecule has 0 aliphatic carbocycles. The first-order valence-electron chi connectivity index (χ1n) is 8.34. The number of halogens is 1. The van der Waals surface area contributed by atoms with Crippen LogP contribution in [0.25, 0.3) is 0 Å². The van der Waals surface area contributed by atoms with Crippen molar-refractivity contribution in [2.75, 3.05) is 10.6 Å². The molecule has 0 saturated carbocycles. The van der Waals surface area contributed by atoms with Crippen LogP contribution in [-0.2, 0) is 0 Å². The average Bonchev–Trinajstić information content (AvgIpc) is 2.65. The standard InChI is InChI=1S/C21H18ClN3O2/c1-13-3-6-16(22)11-19(13)24-18-9-10-23-20(12-18)21(27)25-17-7-4-15(5-8-17)14(2)26/h3-12H,1-2H3,(H,23,24)(H,25,27). The largest absolute Gasteiger partial charge is 0.355 e. The molecule has 0 spiro atoms. The summed E-state index contributed by atoms with van der Waals surface area (Å²) in [4.78, 5) is 27.9. The first-order chi connectivity index (χ1) is 12.9. The second kappa shape index (κ2) is 8.01. The Labute approximate surface area is 162 Å².